The van der Waals surface area contributed by atoms with Crippen molar-refractivity contribution in [3.8, 4) is 0 Å². The summed E-state index contributed by atoms with van der Waals surface area (Å²) in [6, 6.07) is 6.77. The van der Waals surface area contributed by atoms with Gasteiger partial charge in [0.25, 0.3) is 5.91 Å². The number of aliphatic carboxylic acids is 1. The fourth-order valence-electron chi connectivity index (χ4n) is 1.86. The summed E-state index contributed by atoms with van der Waals surface area (Å²) < 4.78 is 0. The number of benzene rings is 1. The molecule has 0 spiro atoms. The van der Waals surface area contributed by atoms with E-state index in [9.17, 15) is 14.4 Å². The van der Waals surface area contributed by atoms with Crippen LogP contribution in [0.2, 0.25) is 0 Å². The highest BCUT2D eigenvalue weighted by atomic mass is 16.4. The predicted octanol–water partition coefficient (Wildman–Crippen LogP) is 1.26. The molecular weight excluding hydrogens is 272 g/mol. The Kier molecular flexibility index (Phi) is 6.39. The zero-order valence-electron chi connectivity index (χ0n) is 12.3. The van der Waals surface area contributed by atoms with Gasteiger partial charge in [-0.15, -0.1) is 0 Å². The van der Waals surface area contributed by atoms with E-state index in [1.165, 1.54) is 11.8 Å². The lowest BCUT2D eigenvalue weighted by molar-refractivity contribution is -0.137. The largest absolute Gasteiger partial charge is 0.480 e. The molecule has 6 heteroatoms. The van der Waals surface area contributed by atoms with Crippen LogP contribution in [0.4, 0.5) is 0 Å². The van der Waals surface area contributed by atoms with Gasteiger partial charge in [-0.1, -0.05) is 19.1 Å². The lowest BCUT2D eigenvalue weighted by Gasteiger charge is -2.20. The average Bonchev–Trinajstić information content (AvgIpc) is 2.44. The molecule has 0 saturated heterocycles. The molecule has 0 radical (unpaired) electrons. The average molecular weight is 292 g/mol. The molecule has 1 aromatic rings. The van der Waals surface area contributed by atoms with Crippen molar-refractivity contribution in [2.75, 3.05) is 13.1 Å². The molecule has 0 fully saturated rings. The first-order valence-electron chi connectivity index (χ1n) is 6.78. The van der Waals surface area contributed by atoms with Gasteiger partial charge in [0.15, 0.2) is 0 Å². The third kappa shape index (κ3) is 5.64. The highest BCUT2D eigenvalue weighted by Gasteiger charge is 2.17. The molecule has 2 N–H and O–H groups in total. The number of nitrogens with one attached hydrogen (secondary N) is 1. The fraction of sp³-hybridized carbons (Fsp3) is 0.400. The van der Waals surface area contributed by atoms with Crippen LogP contribution in [0.25, 0.3) is 0 Å². The standard InChI is InChI=1S/C15H20N2O4/c1-3-8-17(10-14(19)20)15(21)13-6-4-12(5-7-13)9-16-11(2)18/h4-7H,3,8-10H2,1-2H3,(H,16,18)(H,19,20). The summed E-state index contributed by atoms with van der Waals surface area (Å²) >= 11 is 0. The van der Waals surface area contributed by atoms with Crippen molar-refractivity contribution < 1.29 is 19.5 Å². The van der Waals surface area contributed by atoms with Gasteiger partial charge in [0.1, 0.15) is 6.54 Å². The summed E-state index contributed by atoms with van der Waals surface area (Å²) in [6.45, 7) is 3.82. The summed E-state index contributed by atoms with van der Waals surface area (Å²) in [5, 5.41) is 11.5. The fourth-order valence-corrected chi connectivity index (χ4v) is 1.86. The van der Waals surface area contributed by atoms with Crippen molar-refractivity contribution in [3.05, 3.63) is 35.4 Å². The molecule has 0 aliphatic carbocycles. The Morgan fingerprint density at radius 3 is 2.29 bits per heavy atom. The molecule has 114 valence electrons. The number of hydrogen-bond acceptors (Lipinski definition) is 3. The molecule has 0 atom stereocenters. The van der Waals surface area contributed by atoms with Crippen LogP contribution in [0, 0.1) is 0 Å². The molecule has 1 rings (SSSR count). The molecular formula is C15H20N2O4. The molecule has 2 amide bonds. The number of carboxylic acids is 1. The Hall–Kier alpha value is -2.37. The van der Waals surface area contributed by atoms with Crippen molar-refractivity contribution >= 4 is 17.8 Å². The smallest absolute Gasteiger partial charge is 0.323 e. The first-order chi connectivity index (χ1) is 9.93. The number of rotatable bonds is 7. The van der Waals surface area contributed by atoms with E-state index in [1.54, 1.807) is 24.3 Å². The topological polar surface area (TPSA) is 86.7 Å². The molecule has 6 nitrogen and oxygen atoms in total. The first-order valence-corrected chi connectivity index (χ1v) is 6.78. The summed E-state index contributed by atoms with van der Waals surface area (Å²) in [4.78, 5) is 35.2. The van der Waals surface area contributed by atoms with Crippen LogP contribution in [0.3, 0.4) is 0 Å². The second-order valence-corrected chi connectivity index (χ2v) is 4.73. The van der Waals surface area contributed by atoms with Gasteiger partial charge in [-0.25, -0.2) is 0 Å². The van der Waals surface area contributed by atoms with Crippen LogP contribution >= 0.6 is 0 Å². The lowest BCUT2D eigenvalue weighted by atomic mass is 10.1. The maximum absolute atomic E-state index is 12.2. The normalized spacial score (nSPS) is 10.0. The second-order valence-electron chi connectivity index (χ2n) is 4.73. The van der Waals surface area contributed by atoms with E-state index in [-0.39, 0.29) is 18.4 Å². The quantitative estimate of drug-likeness (QED) is 0.792. The third-order valence-corrected chi connectivity index (χ3v) is 2.85. The Morgan fingerprint density at radius 2 is 1.81 bits per heavy atom. The van der Waals surface area contributed by atoms with Gasteiger partial charge in [-0.2, -0.15) is 0 Å². The summed E-state index contributed by atoms with van der Waals surface area (Å²) in [5.41, 5.74) is 1.32. The van der Waals surface area contributed by atoms with Crippen LogP contribution in [-0.2, 0) is 16.1 Å². The van der Waals surface area contributed by atoms with E-state index >= 15 is 0 Å². The second kappa shape index (κ2) is 8.04. The van der Waals surface area contributed by atoms with E-state index in [0.717, 1.165) is 5.56 Å². The van der Waals surface area contributed by atoms with Gasteiger partial charge in [-0.3, -0.25) is 14.4 Å². The molecule has 21 heavy (non-hydrogen) atoms. The van der Waals surface area contributed by atoms with Crippen LogP contribution in [-0.4, -0.2) is 40.9 Å². The molecule has 0 unspecified atom stereocenters. The molecule has 0 heterocycles. The van der Waals surface area contributed by atoms with Gasteiger partial charge in [-0.05, 0) is 24.1 Å². The first kappa shape index (κ1) is 16.7. The zero-order valence-corrected chi connectivity index (χ0v) is 12.3. The third-order valence-electron chi connectivity index (χ3n) is 2.85. The number of nitrogens with zero attached hydrogens (tertiary/aromatic N) is 1. The number of amides is 2. The van der Waals surface area contributed by atoms with E-state index in [4.69, 9.17) is 5.11 Å². The summed E-state index contributed by atoms with van der Waals surface area (Å²) in [6.07, 6.45) is 0.694. The SMILES string of the molecule is CCCN(CC(=O)O)C(=O)c1ccc(CNC(C)=O)cc1. The Labute approximate surface area is 123 Å². The van der Waals surface area contributed by atoms with E-state index in [2.05, 4.69) is 5.32 Å². The lowest BCUT2D eigenvalue weighted by Crippen LogP contribution is -2.36. The van der Waals surface area contributed by atoms with Gasteiger partial charge in [0.05, 0.1) is 0 Å². The van der Waals surface area contributed by atoms with E-state index in [1.807, 2.05) is 6.92 Å². The van der Waals surface area contributed by atoms with Crippen LogP contribution < -0.4 is 5.32 Å². The van der Waals surface area contributed by atoms with Crippen molar-refractivity contribution in [2.24, 2.45) is 0 Å². The van der Waals surface area contributed by atoms with E-state index in [0.29, 0.717) is 25.1 Å². The Bertz CT molecular complexity index is 511. The molecule has 0 aliphatic rings. The van der Waals surface area contributed by atoms with Crippen molar-refractivity contribution in [1.82, 2.24) is 10.2 Å². The van der Waals surface area contributed by atoms with Crippen molar-refractivity contribution in [1.29, 1.82) is 0 Å². The molecule has 1 aromatic carbocycles. The predicted molar refractivity (Wildman–Crippen MR) is 77.8 cm³/mol. The molecule has 0 aliphatic heterocycles. The molecule has 0 saturated carbocycles. The van der Waals surface area contributed by atoms with Crippen LogP contribution in [0.1, 0.15) is 36.2 Å². The monoisotopic (exact) mass is 292 g/mol. The zero-order chi connectivity index (χ0) is 15.8. The maximum Gasteiger partial charge on any atom is 0.323 e. The van der Waals surface area contributed by atoms with Gasteiger partial charge >= 0.3 is 5.97 Å². The van der Waals surface area contributed by atoms with Crippen LogP contribution in [0.15, 0.2) is 24.3 Å². The van der Waals surface area contributed by atoms with Gasteiger partial charge < -0.3 is 15.3 Å². The van der Waals surface area contributed by atoms with Crippen molar-refractivity contribution in [2.45, 2.75) is 26.8 Å². The number of hydrogen-bond donors (Lipinski definition) is 2. The van der Waals surface area contributed by atoms with Crippen LogP contribution in [0.5, 0.6) is 0 Å². The van der Waals surface area contributed by atoms with Gasteiger partial charge in [0.2, 0.25) is 5.91 Å². The van der Waals surface area contributed by atoms with E-state index < -0.39 is 5.97 Å². The minimum atomic E-state index is -1.03. The minimum absolute atomic E-state index is 0.120. The maximum atomic E-state index is 12.2. The summed E-state index contributed by atoms with van der Waals surface area (Å²) in [5.74, 6) is -1.45. The minimum Gasteiger partial charge on any atom is -0.480 e. The van der Waals surface area contributed by atoms with Gasteiger partial charge in [0, 0.05) is 25.6 Å². The highest BCUT2D eigenvalue weighted by Crippen LogP contribution is 2.08. The summed E-state index contributed by atoms with van der Waals surface area (Å²) in [7, 11) is 0. The molecule has 0 aromatic heterocycles. The number of carboxylic acid groups (broad SMARTS) is 1. The number of carbonyl (C=O) groups excluding carboxylic acids is 2. The number of carbonyl (C=O) groups is 3. The Morgan fingerprint density at radius 1 is 1.19 bits per heavy atom. The molecule has 0 bridgehead atoms. The Balaban J connectivity index is 2.76. The van der Waals surface area contributed by atoms with Crippen molar-refractivity contribution in [3.63, 3.8) is 0 Å². The highest BCUT2D eigenvalue weighted by molar-refractivity contribution is 5.95.